The molecular weight excluding hydrogens is 254 g/mol. The first-order valence-electron chi connectivity index (χ1n) is 8.02. The maximum Gasteiger partial charge on any atom is 0.315 e. The van der Waals surface area contributed by atoms with Gasteiger partial charge in [0.2, 0.25) is 0 Å². The summed E-state index contributed by atoms with van der Waals surface area (Å²) in [7, 11) is 0. The highest BCUT2D eigenvalue weighted by Crippen LogP contribution is 2.26. The highest BCUT2D eigenvalue weighted by Gasteiger charge is 2.30. The van der Waals surface area contributed by atoms with E-state index in [1.54, 1.807) is 0 Å². The highest BCUT2D eigenvalue weighted by molar-refractivity contribution is 5.74. The zero-order chi connectivity index (χ0) is 14.5. The maximum absolute atomic E-state index is 11.9. The van der Waals surface area contributed by atoms with Crippen molar-refractivity contribution in [3.8, 4) is 0 Å². The van der Waals surface area contributed by atoms with Gasteiger partial charge in [0.15, 0.2) is 0 Å². The second-order valence-corrected chi connectivity index (χ2v) is 6.49. The van der Waals surface area contributed by atoms with Crippen LogP contribution >= 0.6 is 0 Å². The molecule has 3 unspecified atom stereocenters. The Hall–Kier alpha value is -0.810. The van der Waals surface area contributed by atoms with E-state index in [1.807, 2.05) is 13.8 Å². The second-order valence-electron chi connectivity index (χ2n) is 6.49. The molecule has 0 aromatic heterocycles. The van der Waals surface area contributed by atoms with E-state index in [-0.39, 0.29) is 30.6 Å². The van der Waals surface area contributed by atoms with E-state index in [2.05, 4.69) is 15.5 Å². The molecule has 2 fully saturated rings. The van der Waals surface area contributed by atoms with E-state index in [0.29, 0.717) is 0 Å². The Morgan fingerprint density at radius 1 is 1.30 bits per heavy atom. The fourth-order valence-electron chi connectivity index (χ4n) is 3.24. The summed E-state index contributed by atoms with van der Waals surface area (Å²) < 4.78 is 0. The smallest absolute Gasteiger partial charge is 0.315 e. The lowest BCUT2D eigenvalue weighted by Crippen LogP contribution is -2.48. The van der Waals surface area contributed by atoms with Crippen LogP contribution < -0.4 is 10.6 Å². The Bertz CT molecular complexity index is 318. The number of hydrogen-bond donors (Lipinski definition) is 3. The van der Waals surface area contributed by atoms with Crippen LogP contribution in [0.15, 0.2) is 0 Å². The summed E-state index contributed by atoms with van der Waals surface area (Å²) in [6, 6.07) is 0.911. The first-order valence-corrected chi connectivity index (χ1v) is 8.02. The Labute approximate surface area is 122 Å². The minimum absolute atomic E-state index is 0.00709. The standard InChI is InChI=1S/C15H29N3O2/c1-11(10-19)12(2)16-15(20)17-13-7-8-18(9-13)14-5-3-4-6-14/h11-14,19H,3-10H2,1-2H3,(H2,16,17,20). The third-order valence-electron chi connectivity index (χ3n) is 4.90. The van der Waals surface area contributed by atoms with Crippen molar-refractivity contribution in [2.24, 2.45) is 5.92 Å². The summed E-state index contributed by atoms with van der Waals surface area (Å²) >= 11 is 0. The van der Waals surface area contributed by atoms with Crippen molar-refractivity contribution >= 4 is 6.03 Å². The number of nitrogens with one attached hydrogen (secondary N) is 2. The zero-order valence-corrected chi connectivity index (χ0v) is 12.8. The van der Waals surface area contributed by atoms with Gasteiger partial charge in [-0.15, -0.1) is 0 Å². The van der Waals surface area contributed by atoms with Gasteiger partial charge in [-0.25, -0.2) is 4.79 Å². The molecule has 0 spiro atoms. The number of rotatable bonds is 5. The van der Waals surface area contributed by atoms with Crippen molar-refractivity contribution in [3.63, 3.8) is 0 Å². The van der Waals surface area contributed by atoms with E-state index in [4.69, 9.17) is 5.11 Å². The molecular formula is C15H29N3O2. The summed E-state index contributed by atoms with van der Waals surface area (Å²) in [6.07, 6.45) is 6.41. The van der Waals surface area contributed by atoms with Crippen LogP contribution in [0, 0.1) is 5.92 Å². The van der Waals surface area contributed by atoms with Gasteiger partial charge in [-0.1, -0.05) is 19.8 Å². The molecule has 1 heterocycles. The first-order chi connectivity index (χ1) is 9.60. The van der Waals surface area contributed by atoms with Gasteiger partial charge in [0, 0.05) is 37.8 Å². The lowest BCUT2D eigenvalue weighted by Gasteiger charge is -2.24. The van der Waals surface area contributed by atoms with Crippen molar-refractivity contribution < 1.29 is 9.90 Å². The molecule has 3 N–H and O–H groups in total. The van der Waals surface area contributed by atoms with Crippen molar-refractivity contribution in [2.45, 2.75) is 64.1 Å². The third kappa shape index (κ3) is 4.09. The van der Waals surface area contributed by atoms with Gasteiger partial charge < -0.3 is 15.7 Å². The number of aliphatic hydroxyl groups excluding tert-OH is 1. The molecule has 1 saturated heterocycles. The molecule has 2 aliphatic rings. The molecule has 0 aromatic carbocycles. The van der Waals surface area contributed by atoms with Gasteiger partial charge in [0.05, 0.1) is 0 Å². The molecule has 0 radical (unpaired) electrons. The topological polar surface area (TPSA) is 64.6 Å². The molecule has 1 aliphatic heterocycles. The number of likely N-dealkylation sites (tertiary alicyclic amines) is 1. The molecule has 3 atom stereocenters. The largest absolute Gasteiger partial charge is 0.396 e. The van der Waals surface area contributed by atoms with Crippen LogP contribution in [0.2, 0.25) is 0 Å². The van der Waals surface area contributed by atoms with Crippen molar-refractivity contribution in [1.82, 2.24) is 15.5 Å². The minimum atomic E-state index is -0.101. The quantitative estimate of drug-likeness (QED) is 0.713. The van der Waals surface area contributed by atoms with Crippen molar-refractivity contribution in [1.29, 1.82) is 0 Å². The first kappa shape index (κ1) is 15.6. The molecule has 5 nitrogen and oxygen atoms in total. The number of nitrogens with zero attached hydrogens (tertiary/aromatic N) is 1. The van der Waals surface area contributed by atoms with Crippen LogP contribution in [0.5, 0.6) is 0 Å². The summed E-state index contributed by atoms with van der Waals surface area (Å²) in [6.45, 7) is 6.06. The molecule has 1 aliphatic carbocycles. The molecule has 2 amide bonds. The lowest BCUT2D eigenvalue weighted by molar-refractivity contribution is 0.198. The SMILES string of the molecule is CC(CO)C(C)NC(=O)NC1CCN(C2CCCC2)C1. The number of amides is 2. The van der Waals surface area contributed by atoms with Gasteiger partial charge in [0.25, 0.3) is 0 Å². The summed E-state index contributed by atoms with van der Waals surface area (Å²) in [4.78, 5) is 14.5. The molecule has 2 rings (SSSR count). The minimum Gasteiger partial charge on any atom is -0.396 e. The fourth-order valence-corrected chi connectivity index (χ4v) is 3.24. The van der Waals surface area contributed by atoms with Crippen LogP contribution in [-0.4, -0.2) is 53.9 Å². The predicted molar refractivity (Wildman–Crippen MR) is 79.6 cm³/mol. The summed E-state index contributed by atoms with van der Waals surface area (Å²) in [5.41, 5.74) is 0. The van der Waals surface area contributed by atoms with Crippen LogP contribution in [0.1, 0.15) is 46.0 Å². The Morgan fingerprint density at radius 3 is 2.65 bits per heavy atom. The third-order valence-corrected chi connectivity index (χ3v) is 4.90. The van der Waals surface area contributed by atoms with E-state index < -0.39 is 0 Å². The zero-order valence-electron chi connectivity index (χ0n) is 12.8. The van der Waals surface area contributed by atoms with Gasteiger partial charge in [-0.3, -0.25) is 4.90 Å². The Balaban J connectivity index is 1.70. The predicted octanol–water partition coefficient (Wildman–Crippen LogP) is 1.32. The number of carbonyl (C=O) groups is 1. The maximum atomic E-state index is 11.9. The van der Waals surface area contributed by atoms with E-state index in [1.165, 1.54) is 25.7 Å². The highest BCUT2D eigenvalue weighted by atomic mass is 16.3. The van der Waals surface area contributed by atoms with Gasteiger partial charge in [-0.05, 0) is 32.1 Å². The van der Waals surface area contributed by atoms with E-state index in [0.717, 1.165) is 25.6 Å². The van der Waals surface area contributed by atoms with Crippen LogP contribution in [0.25, 0.3) is 0 Å². The van der Waals surface area contributed by atoms with E-state index in [9.17, 15) is 4.79 Å². The Kier molecular flexibility index (Phi) is 5.66. The van der Waals surface area contributed by atoms with Gasteiger partial charge in [0.1, 0.15) is 0 Å². The monoisotopic (exact) mass is 283 g/mol. The van der Waals surface area contributed by atoms with Crippen LogP contribution in [-0.2, 0) is 0 Å². The number of urea groups is 1. The lowest BCUT2D eigenvalue weighted by atomic mass is 10.1. The molecule has 116 valence electrons. The average molecular weight is 283 g/mol. The van der Waals surface area contributed by atoms with Crippen LogP contribution in [0.3, 0.4) is 0 Å². The molecule has 20 heavy (non-hydrogen) atoms. The van der Waals surface area contributed by atoms with Gasteiger partial charge >= 0.3 is 6.03 Å². The number of aliphatic hydroxyl groups is 1. The molecule has 1 saturated carbocycles. The van der Waals surface area contributed by atoms with Gasteiger partial charge in [-0.2, -0.15) is 0 Å². The summed E-state index contributed by atoms with van der Waals surface area (Å²) in [5.74, 6) is 0.0827. The Morgan fingerprint density at radius 2 is 2.00 bits per heavy atom. The van der Waals surface area contributed by atoms with Crippen LogP contribution in [0.4, 0.5) is 4.79 Å². The second kappa shape index (κ2) is 7.27. The number of hydrogen-bond acceptors (Lipinski definition) is 3. The fraction of sp³-hybridized carbons (Fsp3) is 0.933. The van der Waals surface area contributed by atoms with Crippen molar-refractivity contribution in [3.05, 3.63) is 0 Å². The molecule has 5 heteroatoms. The number of carbonyl (C=O) groups excluding carboxylic acids is 1. The average Bonchev–Trinajstić information content (AvgIpc) is 3.07. The summed E-state index contributed by atoms with van der Waals surface area (Å²) in [5, 5.41) is 15.1. The molecule has 0 bridgehead atoms. The van der Waals surface area contributed by atoms with E-state index >= 15 is 0 Å². The molecule has 0 aromatic rings. The van der Waals surface area contributed by atoms with Crippen molar-refractivity contribution in [2.75, 3.05) is 19.7 Å². The normalized spacial score (nSPS) is 27.4.